The minimum Gasteiger partial charge on any atom is -0.376 e. The lowest BCUT2D eigenvalue weighted by molar-refractivity contribution is -0.137. The van der Waals surface area contributed by atoms with Crippen LogP contribution < -0.4 is 10.2 Å². The second kappa shape index (κ2) is 8.12. The minimum atomic E-state index is -4.36. The van der Waals surface area contributed by atoms with Crippen molar-refractivity contribution in [3.8, 4) is 0 Å². The van der Waals surface area contributed by atoms with Gasteiger partial charge in [-0.1, -0.05) is 12.1 Å². The molecule has 0 saturated carbocycles. The number of piperazine rings is 1. The number of halogens is 3. The molecule has 28 heavy (non-hydrogen) atoms. The Balaban J connectivity index is 1.51. The SMILES string of the molecule is Cc1cccc(N2CCN(C(=O)CNc3ccc(C(F)(F)F)cc3)CC2)c1C. The fourth-order valence-corrected chi connectivity index (χ4v) is 3.34. The molecule has 7 heteroatoms. The molecule has 0 aliphatic carbocycles. The van der Waals surface area contributed by atoms with E-state index in [-0.39, 0.29) is 12.5 Å². The first-order valence-corrected chi connectivity index (χ1v) is 9.26. The molecule has 4 nitrogen and oxygen atoms in total. The molecular formula is C21H24F3N3O. The van der Waals surface area contributed by atoms with Crippen molar-refractivity contribution in [3.05, 3.63) is 59.2 Å². The number of rotatable bonds is 4. The van der Waals surface area contributed by atoms with E-state index >= 15 is 0 Å². The first-order valence-electron chi connectivity index (χ1n) is 9.26. The van der Waals surface area contributed by atoms with E-state index in [1.165, 1.54) is 28.9 Å². The number of alkyl halides is 3. The Morgan fingerprint density at radius 2 is 1.64 bits per heavy atom. The number of nitrogens with one attached hydrogen (secondary N) is 1. The lowest BCUT2D eigenvalue weighted by atomic mass is 10.1. The highest BCUT2D eigenvalue weighted by atomic mass is 19.4. The number of hydrogen-bond donors (Lipinski definition) is 1. The molecule has 0 spiro atoms. The van der Waals surface area contributed by atoms with Crippen LogP contribution >= 0.6 is 0 Å². The largest absolute Gasteiger partial charge is 0.416 e. The van der Waals surface area contributed by atoms with Crippen LogP contribution in [-0.2, 0) is 11.0 Å². The highest BCUT2D eigenvalue weighted by Crippen LogP contribution is 2.29. The van der Waals surface area contributed by atoms with Gasteiger partial charge in [-0.3, -0.25) is 4.79 Å². The number of carbonyl (C=O) groups is 1. The Bertz CT molecular complexity index is 826. The Kier molecular flexibility index (Phi) is 5.82. The standard InChI is InChI=1S/C21H24F3N3O/c1-15-4-3-5-19(16(15)2)26-10-12-27(13-11-26)20(28)14-25-18-8-6-17(7-9-18)21(22,23)24/h3-9,25H,10-14H2,1-2H3. The number of nitrogens with zero attached hydrogens (tertiary/aromatic N) is 2. The van der Waals surface area contributed by atoms with E-state index in [2.05, 4.69) is 36.2 Å². The number of anilines is 2. The van der Waals surface area contributed by atoms with Gasteiger partial charge in [-0.05, 0) is 55.3 Å². The van der Waals surface area contributed by atoms with Gasteiger partial charge >= 0.3 is 6.18 Å². The van der Waals surface area contributed by atoms with Gasteiger partial charge in [0, 0.05) is 37.6 Å². The molecule has 1 fully saturated rings. The predicted molar refractivity (Wildman–Crippen MR) is 105 cm³/mol. The van der Waals surface area contributed by atoms with E-state index in [0.717, 1.165) is 25.2 Å². The highest BCUT2D eigenvalue weighted by Gasteiger charge is 2.30. The van der Waals surface area contributed by atoms with Crippen LogP contribution in [0.2, 0.25) is 0 Å². The van der Waals surface area contributed by atoms with E-state index in [0.29, 0.717) is 18.8 Å². The summed E-state index contributed by atoms with van der Waals surface area (Å²) >= 11 is 0. The van der Waals surface area contributed by atoms with E-state index < -0.39 is 11.7 Å². The smallest absolute Gasteiger partial charge is 0.376 e. The van der Waals surface area contributed by atoms with Crippen molar-refractivity contribution >= 4 is 17.3 Å². The summed E-state index contributed by atoms with van der Waals surface area (Å²) in [6.45, 7) is 7.03. The maximum Gasteiger partial charge on any atom is 0.416 e. The summed E-state index contributed by atoms with van der Waals surface area (Å²) in [5.41, 5.74) is 3.50. The third kappa shape index (κ3) is 4.58. The topological polar surface area (TPSA) is 35.6 Å². The van der Waals surface area contributed by atoms with Gasteiger partial charge in [0.1, 0.15) is 0 Å². The predicted octanol–water partition coefficient (Wildman–Crippen LogP) is 4.08. The van der Waals surface area contributed by atoms with Crippen LogP contribution in [0.15, 0.2) is 42.5 Å². The molecule has 0 aromatic heterocycles. The van der Waals surface area contributed by atoms with Gasteiger partial charge in [-0.15, -0.1) is 0 Å². The quantitative estimate of drug-likeness (QED) is 0.853. The van der Waals surface area contributed by atoms with Gasteiger partial charge in [0.25, 0.3) is 0 Å². The lowest BCUT2D eigenvalue weighted by Gasteiger charge is -2.37. The third-order valence-electron chi connectivity index (χ3n) is 5.21. The van der Waals surface area contributed by atoms with Crippen molar-refractivity contribution in [2.24, 2.45) is 0 Å². The van der Waals surface area contributed by atoms with E-state index in [1.54, 1.807) is 4.90 Å². The summed E-state index contributed by atoms with van der Waals surface area (Å²) in [6.07, 6.45) is -4.36. The maximum absolute atomic E-state index is 12.6. The first kappa shape index (κ1) is 20.0. The number of hydrogen-bond acceptors (Lipinski definition) is 3. The number of benzene rings is 2. The van der Waals surface area contributed by atoms with Gasteiger partial charge in [0.15, 0.2) is 0 Å². The van der Waals surface area contributed by atoms with Gasteiger partial charge < -0.3 is 15.1 Å². The molecule has 1 amide bonds. The normalized spacial score (nSPS) is 14.9. The molecule has 2 aromatic rings. The van der Waals surface area contributed by atoms with Crippen molar-refractivity contribution in [2.75, 3.05) is 42.9 Å². The Morgan fingerprint density at radius 3 is 2.25 bits per heavy atom. The zero-order valence-corrected chi connectivity index (χ0v) is 16.0. The Morgan fingerprint density at radius 1 is 1.00 bits per heavy atom. The molecule has 1 aliphatic heterocycles. The van der Waals surface area contributed by atoms with Gasteiger partial charge in [-0.2, -0.15) is 13.2 Å². The zero-order chi connectivity index (χ0) is 20.3. The minimum absolute atomic E-state index is 0.0551. The first-order chi connectivity index (χ1) is 13.3. The van der Waals surface area contributed by atoms with Crippen LogP contribution in [0.3, 0.4) is 0 Å². The van der Waals surface area contributed by atoms with E-state index in [4.69, 9.17) is 0 Å². The second-order valence-corrected chi connectivity index (χ2v) is 7.02. The molecule has 0 unspecified atom stereocenters. The van der Waals surface area contributed by atoms with Crippen molar-refractivity contribution in [3.63, 3.8) is 0 Å². The van der Waals surface area contributed by atoms with Crippen LogP contribution in [0.4, 0.5) is 24.5 Å². The van der Waals surface area contributed by atoms with Crippen molar-refractivity contribution in [1.29, 1.82) is 0 Å². The monoisotopic (exact) mass is 391 g/mol. The summed E-state index contributed by atoms with van der Waals surface area (Å²) in [4.78, 5) is 16.5. The number of amides is 1. The fourth-order valence-electron chi connectivity index (χ4n) is 3.34. The fraction of sp³-hybridized carbons (Fsp3) is 0.381. The Labute approximate surface area is 162 Å². The molecular weight excluding hydrogens is 367 g/mol. The van der Waals surface area contributed by atoms with Crippen molar-refractivity contribution < 1.29 is 18.0 Å². The number of carbonyl (C=O) groups excluding carboxylic acids is 1. The van der Waals surface area contributed by atoms with Crippen LogP contribution in [0.1, 0.15) is 16.7 Å². The summed E-state index contributed by atoms with van der Waals surface area (Å²) in [7, 11) is 0. The molecule has 0 bridgehead atoms. The molecule has 2 aromatic carbocycles. The molecule has 1 heterocycles. The van der Waals surface area contributed by atoms with Crippen LogP contribution in [-0.4, -0.2) is 43.5 Å². The number of aryl methyl sites for hydroxylation is 1. The third-order valence-corrected chi connectivity index (χ3v) is 5.21. The lowest BCUT2D eigenvalue weighted by Crippen LogP contribution is -2.50. The molecule has 1 N–H and O–H groups in total. The van der Waals surface area contributed by atoms with E-state index in [9.17, 15) is 18.0 Å². The van der Waals surface area contributed by atoms with Gasteiger partial charge in [0.05, 0.1) is 12.1 Å². The van der Waals surface area contributed by atoms with E-state index in [1.807, 2.05) is 6.07 Å². The van der Waals surface area contributed by atoms with Crippen LogP contribution in [0, 0.1) is 13.8 Å². The average Bonchev–Trinajstić information content (AvgIpc) is 2.68. The highest BCUT2D eigenvalue weighted by molar-refractivity contribution is 5.81. The summed E-state index contributed by atoms with van der Waals surface area (Å²) in [6, 6.07) is 10.9. The molecule has 0 atom stereocenters. The van der Waals surface area contributed by atoms with Gasteiger partial charge in [0.2, 0.25) is 5.91 Å². The van der Waals surface area contributed by atoms with Crippen LogP contribution in [0.5, 0.6) is 0 Å². The van der Waals surface area contributed by atoms with Crippen LogP contribution in [0.25, 0.3) is 0 Å². The zero-order valence-electron chi connectivity index (χ0n) is 16.0. The summed E-state index contributed by atoms with van der Waals surface area (Å²) in [5.74, 6) is -0.0551. The Hall–Kier alpha value is -2.70. The molecule has 3 rings (SSSR count). The molecule has 1 saturated heterocycles. The van der Waals surface area contributed by atoms with Crippen molar-refractivity contribution in [2.45, 2.75) is 20.0 Å². The summed E-state index contributed by atoms with van der Waals surface area (Å²) in [5, 5.41) is 2.91. The summed E-state index contributed by atoms with van der Waals surface area (Å²) < 4.78 is 37.8. The maximum atomic E-state index is 12.6. The molecule has 150 valence electrons. The second-order valence-electron chi connectivity index (χ2n) is 7.02. The molecule has 1 aliphatic rings. The molecule has 0 radical (unpaired) electrons. The van der Waals surface area contributed by atoms with Gasteiger partial charge in [-0.25, -0.2) is 0 Å². The van der Waals surface area contributed by atoms with Crippen molar-refractivity contribution in [1.82, 2.24) is 4.90 Å². The average molecular weight is 391 g/mol.